The molecule has 2 amide bonds. The minimum absolute atomic E-state index is 0.0783. The first-order valence-electron chi connectivity index (χ1n) is 8.92. The average Bonchev–Trinajstić information content (AvgIpc) is 3.10. The quantitative estimate of drug-likeness (QED) is 0.799. The Kier molecular flexibility index (Phi) is 5.86. The minimum atomic E-state index is -0.369. The molecule has 0 aromatic heterocycles. The molecule has 0 bridgehead atoms. The molecule has 1 saturated heterocycles. The maximum absolute atomic E-state index is 13.0. The fourth-order valence-electron chi connectivity index (χ4n) is 3.37. The predicted octanol–water partition coefficient (Wildman–Crippen LogP) is 2.84. The lowest BCUT2D eigenvalue weighted by atomic mass is 10.0. The van der Waals surface area contributed by atoms with E-state index in [0.29, 0.717) is 24.9 Å². The molecule has 27 heavy (non-hydrogen) atoms. The van der Waals surface area contributed by atoms with Crippen molar-refractivity contribution >= 4 is 17.5 Å². The Balaban J connectivity index is 1.77. The molecule has 1 fully saturated rings. The van der Waals surface area contributed by atoms with Crippen molar-refractivity contribution in [1.29, 1.82) is 0 Å². The summed E-state index contributed by atoms with van der Waals surface area (Å²) >= 11 is 0. The zero-order chi connectivity index (χ0) is 19.2. The summed E-state index contributed by atoms with van der Waals surface area (Å²) in [6.45, 7) is 0.399. The van der Waals surface area contributed by atoms with Crippen LogP contribution in [0.2, 0.25) is 0 Å². The van der Waals surface area contributed by atoms with Gasteiger partial charge in [0.25, 0.3) is 5.91 Å². The van der Waals surface area contributed by atoms with E-state index in [4.69, 9.17) is 10.6 Å². The number of hydrogen-bond donors (Lipinski definition) is 1. The number of carbonyl (C=O) groups is 2. The van der Waals surface area contributed by atoms with Crippen LogP contribution in [0.5, 0.6) is 0 Å². The van der Waals surface area contributed by atoms with Crippen molar-refractivity contribution in [3.63, 3.8) is 0 Å². The Labute approximate surface area is 158 Å². The summed E-state index contributed by atoms with van der Waals surface area (Å²) in [6, 6.07) is 17.5. The van der Waals surface area contributed by atoms with Crippen molar-refractivity contribution in [2.75, 3.05) is 13.7 Å². The highest BCUT2D eigenvalue weighted by atomic mass is 16.6. The highest BCUT2D eigenvalue weighted by Crippen LogP contribution is 2.24. The van der Waals surface area contributed by atoms with Crippen LogP contribution in [-0.4, -0.2) is 42.1 Å². The second-order valence-electron chi connectivity index (χ2n) is 6.58. The molecule has 140 valence electrons. The van der Waals surface area contributed by atoms with Gasteiger partial charge >= 0.3 is 0 Å². The maximum Gasteiger partial charge on any atom is 0.254 e. The third kappa shape index (κ3) is 4.53. The van der Waals surface area contributed by atoms with E-state index in [1.807, 2.05) is 54.6 Å². The lowest BCUT2D eigenvalue weighted by Gasteiger charge is -2.24. The number of amides is 2. The summed E-state index contributed by atoms with van der Waals surface area (Å²) in [6.07, 6.45) is 1.35. The van der Waals surface area contributed by atoms with Crippen LogP contribution < -0.4 is 5.73 Å². The molecule has 0 radical (unpaired) electrons. The van der Waals surface area contributed by atoms with Gasteiger partial charge in [0.2, 0.25) is 5.91 Å². The number of carbonyl (C=O) groups excluding carboxylic acids is 2. The van der Waals surface area contributed by atoms with Gasteiger partial charge in [-0.2, -0.15) is 0 Å². The first kappa shape index (κ1) is 18.6. The largest absolute Gasteiger partial charge is 0.399 e. The van der Waals surface area contributed by atoms with Crippen LogP contribution in [-0.2, 0) is 9.63 Å². The first-order valence-corrected chi connectivity index (χ1v) is 8.92. The summed E-state index contributed by atoms with van der Waals surface area (Å²) in [5.74, 6) is -0.447. The predicted molar refractivity (Wildman–Crippen MR) is 104 cm³/mol. The Morgan fingerprint density at radius 2 is 1.78 bits per heavy atom. The van der Waals surface area contributed by atoms with Gasteiger partial charge in [0, 0.05) is 24.4 Å². The molecule has 6 nitrogen and oxygen atoms in total. The molecule has 2 N–H and O–H groups in total. The zero-order valence-electron chi connectivity index (χ0n) is 15.3. The van der Waals surface area contributed by atoms with E-state index >= 15 is 0 Å². The third-order valence-corrected chi connectivity index (χ3v) is 4.71. The number of nitrogens with zero attached hydrogens (tertiary/aromatic N) is 2. The zero-order valence-corrected chi connectivity index (χ0v) is 15.3. The van der Waals surface area contributed by atoms with Gasteiger partial charge in [0.05, 0.1) is 12.3 Å². The first-order chi connectivity index (χ1) is 13.1. The van der Waals surface area contributed by atoms with Crippen molar-refractivity contribution in [3.05, 3.63) is 60.2 Å². The summed E-state index contributed by atoms with van der Waals surface area (Å²) < 4.78 is 0. The standard InChI is InChI=1S/C21H23N3O3/c1-27-23-18-13-19(11-12-20(22)25)24(14-18)21(26)17-9-7-16(8-10-17)15-5-3-2-4-6-15/h2-10,19H,11-14H2,1H3,(H2,22,25)/t19-/m1/s1. The smallest absolute Gasteiger partial charge is 0.254 e. The Hall–Kier alpha value is -3.15. The fraction of sp³-hybridized carbons (Fsp3) is 0.286. The molecule has 0 unspecified atom stereocenters. The minimum Gasteiger partial charge on any atom is -0.399 e. The van der Waals surface area contributed by atoms with Crippen LogP contribution in [0.25, 0.3) is 11.1 Å². The van der Waals surface area contributed by atoms with Crippen molar-refractivity contribution in [1.82, 2.24) is 4.90 Å². The van der Waals surface area contributed by atoms with E-state index in [1.165, 1.54) is 7.11 Å². The Morgan fingerprint density at radius 1 is 1.11 bits per heavy atom. The van der Waals surface area contributed by atoms with Crippen LogP contribution in [0.1, 0.15) is 29.6 Å². The molecule has 1 aliphatic rings. The number of primary amides is 1. The van der Waals surface area contributed by atoms with Crippen LogP contribution >= 0.6 is 0 Å². The number of nitrogens with two attached hydrogens (primary N) is 1. The lowest BCUT2D eigenvalue weighted by molar-refractivity contribution is -0.118. The summed E-state index contributed by atoms with van der Waals surface area (Å²) in [5, 5.41) is 3.99. The van der Waals surface area contributed by atoms with Crippen molar-refractivity contribution in [2.24, 2.45) is 10.9 Å². The Bertz CT molecular complexity index is 832. The van der Waals surface area contributed by atoms with E-state index in [-0.39, 0.29) is 24.3 Å². The topological polar surface area (TPSA) is 85.0 Å². The summed E-state index contributed by atoms with van der Waals surface area (Å²) in [5.41, 5.74) is 8.83. The number of likely N-dealkylation sites (tertiary alicyclic amines) is 1. The number of hydrogen-bond acceptors (Lipinski definition) is 4. The molecule has 2 aromatic rings. The van der Waals surface area contributed by atoms with Gasteiger partial charge in [-0.25, -0.2) is 0 Å². The molecule has 3 rings (SSSR count). The molecule has 0 saturated carbocycles. The maximum atomic E-state index is 13.0. The van der Waals surface area contributed by atoms with Crippen LogP contribution in [0, 0.1) is 0 Å². The lowest BCUT2D eigenvalue weighted by Crippen LogP contribution is -2.36. The summed E-state index contributed by atoms with van der Waals surface area (Å²) in [7, 11) is 1.48. The number of benzene rings is 2. The van der Waals surface area contributed by atoms with Gasteiger partial charge in [-0.1, -0.05) is 47.6 Å². The number of oxime groups is 1. The van der Waals surface area contributed by atoms with Gasteiger partial charge in [-0.15, -0.1) is 0 Å². The van der Waals surface area contributed by atoms with Gasteiger partial charge in [-0.05, 0) is 29.7 Å². The molecule has 0 aliphatic carbocycles. The van der Waals surface area contributed by atoms with E-state index < -0.39 is 0 Å². The normalized spacial score (nSPS) is 17.9. The van der Waals surface area contributed by atoms with E-state index in [2.05, 4.69) is 5.16 Å². The van der Waals surface area contributed by atoms with Crippen LogP contribution in [0.15, 0.2) is 59.8 Å². The molecular weight excluding hydrogens is 342 g/mol. The molecule has 6 heteroatoms. The van der Waals surface area contributed by atoms with Crippen LogP contribution in [0.3, 0.4) is 0 Å². The van der Waals surface area contributed by atoms with Gasteiger partial charge in [0.1, 0.15) is 7.11 Å². The van der Waals surface area contributed by atoms with Gasteiger partial charge < -0.3 is 15.5 Å². The van der Waals surface area contributed by atoms with Gasteiger partial charge in [0.15, 0.2) is 0 Å². The number of rotatable bonds is 6. The van der Waals surface area contributed by atoms with Crippen molar-refractivity contribution in [2.45, 2.75) is 25.3 Å². The van der Waals surface area contributed by atoms with E-state index in [0.717, 1.165) is 16.8 Å². The molecular formula is C21H23N3O3. The van der Waals surface area contributed by atoms with E-state index in [9.17, 15) is 9.59 Å². The second-order valence-corrected chi connectivity index (χ2v) is 6.58. The SMILES string of the molecule is CON=C1C[C@@H](CCC(N)=O)N(C(=O)c2ccc(-c3ccccc3)cc2)C1. The van der Waals surface area contributed by atoms with Crippen LogP contribution in [0.4, 0.5) is 0 Å². The fourth-order valence-corrected chi connectivity index (χ4v) is 3.37. The van der Waals surface area contributed by atoms with Crippen molar-refractivity contribution in [3.8, 4) is 11.1 Å². The second kappa shape index (κ2) is 8.49. The molecule has 0 spiro atoms. The highest BCUT2D eigenvalue weighted by molar-refractivity contribution is 6.00. The van der Waals surface area contributed by atoms with Gasteiger partial charge in [-0.3, -0.25) is 9.59 Å². The third-order valence-electron chi connectivity index (χ3n) is 4.71. The monoisotopic (exact) mass is 365 g/mol. The van der Waals surface area contributed by atoms with E-state index in [1.54, 1.807) is 4.90 Å². The molecule has 1 atom stereocenters. The molecule has 2 aromatic carbocycles. The van der Waals surface area contributed by atoms with Crippen molar-refractivity contribution < 1.29 is 14.4 Å². The molecule has 1 aliphatic heterocycles. The average molecular weight is 365 g/mol. The Morgan fingerprint density at radius 3 is 2.41 bits per heavy atom. The summed E-state index contributed by atoms with van der Waals surface area (Å²) in [4.78, 5) is 30.8. The molecule has 1 heterocycles. The highest BCUT2D eigenvalue weighted by Gasteiger charge is 2.33.